The smallest absolute Gasteiger partial charge is 0.265 e. The molecule has 2 aromatic rings. The van der Waals surface area contributed by atoms with Crippen molar-refractivity contribution >= 4 is 28.9 Å². The molecule has 1 atom stereocenters. The number of nitrogens with one attached hydrogen (secondary N) is 1. The van der Waals surface area contributed by atoms with Gasteiger partial charge in [0.1, 0.15) is 5.75 Å². The summed E-state index contributed by atoms with van der Waals surface area (Å²) >= 11 is 6.02. The average molecular weight is 305 g/mol. The van der Waals surface area contributed by atoms with Crippen LogP contribution in [-0.2, 0) is 4.79 Å². The lowest BCUT2D eigenvalue weighted by molar-refractivity contribution is -0.122. The van der Waals surface area contributed by atoms with Crippen LogP contribution in [0.2, 0.25) is 5.02 Å². The molecule has 0 bridgehead atoms. The number of nitrogen functional groups attached to an aromatic ring is 1. The van der Waals surface area contributed by atoms with Crippen LogP contribution in [0.15, 0.2) is 42.5 Å². The fraction of sp³-hybridized carbons (Fsp3) is 0.188. The van der Waals surface area contributed by atoms with Crippen molar-refractivity contribution < 1.29 is 9.53 Å². The van der Waals surface area contributed by atoms with E-state index in [1.807, 2.05) is 31.2 Å². The summed E-state index contributed by atoms with van der Waals surface area (Å²) in [5.74, 6) is 0.379. The summed E-state index contributed by atoms with van der Waals surface area (Å²) in [5, 5.41) is 3.12. The zero-order valence-electron chi connectivity index (χ0n) is 11.9. The van der Waals surface area contributed by atoms with Gasteiger partial charge in [0.2, 0.25) is 0 Å². The molecular weight excluding hydrogens is 288 g/mol. The summed E-state index contributed by atoms with van der Waals surface area (Å²) in [7, 11) is 0. The molecule has 21 heavy (non-hydrogen) atoms. The van der Waals surface area contributed by atoms with E-state index in [9.17, 15) is 4.79 Å². The molecule has 0 aliphatic rings. The molecule has 3 N–H and O–H groups in total. The number of carbonyl (C=O) groups excluding carboxylic acids is 1. The Morgan fingerprint density at radius 1 is 1.29 bits per heavy atom. The molecule has 2 aromatic carbocycles. The standard InChI is InChI=1S/C16H17ClN2O2/c1-10-4-3-5-13(8-10)21-11(2)16(20)19-15-7-6-12(18)9-14(15)17/h3-9,11H,18H2,1-2H3,(H,19,20). The van der Waals surface area contributed by atoms with Crippen molar-refractivity contribution in [1.82, 2.24) is 0 Å². The zero-order chi connectivity index (χ0) is 15.4. The Morgan fingerprint density at radius 3 is 2.71 bits per heavy atom. The molecule has 0 saturated carbocycles. The number of halogens is 1. The summed E-state index contributed by atoms with van der Waals surface area (Å²) < 4.78 is 5.61. The maximum atomic E-state index is 12.1. The van der Waals surface area contributed by atoms with Gasteiger partial charge in [0.15, 0.2) is 6.10 Å². The second-order valence-corrected chi connectivity index (χ2v) is 5.21. The van der Waals surface area contributed by atoms with Crippen LogP contribution in [-0.4, -0.2) is 12.0 Å². The van der Waals surface area contributed by atoms with Crippen molar-refractivity contribution in [3.63, 3.8) is 0 Å². The van der Waals surface area contributed by atoms with E-state index in [-0.39, 0.29) is 5.91 Å². The van der Waals surface area contributed by atoms with Gasteiger partial charge in [0.25, 0.3) is 5.91 Å². The van der Waals surface area contributed by atoms with E-state index >= 15 is 0 Å². The minimum Gasteiger partial charge on any atom is -0.481 e. The molecule has 0 saturated heterocycles. The lowest BCUT2D eigenvalue weighted by atomic mass is 10.2. The van der Waals surface area contributed by atoms with Gasteiger partial charge >= 0.3 is 0 Å². The van der Waals surface area contributed by atoms with Gasteiger partial charge in [-0.25, -0.2) is 0 Å². The summed E-state index contributed by atoms with van der Waals surface area (Å²) in [5.41, 5.74) is 7.74. The number of ether oxygens (including phenoxy) is 1. The first-order chi connectivity index (χ1) is 9.95. The molecule has 2 rings (SSSR count). The number of nitrogens with two attached hydrogens (primary N) is 1. The first kappa shape index (κ1) is 15.2. The van der Waals surface area contributed by atoms with E-state index in [0.29, 0.717) is 22.1 Å². The van der Waals surface area contributed by atoms with E-state index in [4.69, 9.17) is 22.1 Å². The van der Waals surface area contributed by atoms with Gasteiger partial charge in [-0.3, -0.25) is 4.79 Å². The summed E-state index contributed by atoms with van der Waals surface area (Å²) in [4.78, 5) is 12.1. The monoisotopic (exact) mass is 304 g/mol. The molecule has 0 radical (unpaired) electrons. The molecule has 5 heteroatoms. The molecule has 1 unspecified atom stereocenters. The molecule has 0 fully saturated rings. The third kappa shape index (κ3) is 4.13. The Kier molecular flexibility index (Phi) is 4.70. The predicted molar refractivity (Wildman–Crippen MR) is 85.8 cm³/mol. The van der Waals surface area contributed by atoms with Crippen molar-refractivity contribution in [1.29, 1.82) is 0 Å². The second-order valence-electron chi connectivity index (χ2n) is 4.81. The SMILES string of the molecule is Cc1cccc(OC(C)C(=O)Nc2ccc(N)cc2Cl)c1. The topological polar surface area (TPSA) is 64.3 Å². The predicted octanol–water partition coefficient (Wildman–Crippen LogP) is 3.64. The number of anilines is 2. The molecule has 0 heterocycles. The Hall–Kier alpha value is -2.20. The van der Waals surface area contributed by atoms with Crippen LogP contribution in [0.25, 0.3) is 0 Å². The summed E-state index contributed by atoms with van der Waals surface area (Å²) in [6.45, 7) is 3.65. The summed E-state index contributed by atoms with van der Waals surface area (Å²) in [6, 6.07) is 12.5. The molecule has 4 nitrogen and oxygen atoms in total. The van der Waals surface area contributed by atoms with Crippen molar-refractivity contribution in [3.05, 3.63) is 53.1 Å². The van der Waals surface area contributed by atoms with Gasteiger partial charge in [-0.15, -0.1) is 0 Å². The van der Waals surface area contributed by atoms with Crippen molar-refractivity contribution in [2.75, 3.05) is 11.1 Å². The van der Waals surface area contributed by atoms with Crippen LogP contribution in [0, 0.1) is 6.92 Å². The highest BCUT2D eigenvalue weighted by Gasteiger charge is 2.16. The number of aryl methyl sites for hydroxylation is 1. The minimum absolute atomic E-state index is 0.275. The quantitative estimate of drug-likeness (QED) is 0.848. The first-order valence-corrected chi connectivity index (χ1v) is 6.92. The van der Waals surface area contributed by atoms with E-state index in [1.54, 1.807) is 25.1 Å². The third-order valence-corrected chi connectivity index (χ3v) is 3.24. The largest absolute Gasteiger partial charge is 0.481 e. The van der Waals surface area contributed by atoms with Crippen LogP contribution >= 0.6 is 11.6 Å². The Bertz CT molecular complexity index is 658. The van der Waals surface area contributed by atoms with Gasteiger partial charge in [-0.1, -0.05) is 23.7 Å². The first-order valence-electron chi connectivity index (χ1n) is 6.55. The molecule has 0 aromatic heterocycles. The fourth-order valence-electron chi connectivity index (χ4n) is 1.81. The number of carbonyl (C=O) groups is 1. The van der Waals surface area contributed by atoms with E-state index < -0.39 is 6.10 Å². The molecule has 110 valence electrons. The number of hydrogen-bond acceptors (Lipinski definition) is 3. The number of hydrogen-bond donors (Lipinski definition) is 2. The molecule has 0 spiro atoms. The van der Waals surface area contributed by atoms with Crippen LogP contribution in [0.4, 0.5) is 11.4 Å². The Labute approximate surface area is 128 Å². The van der Waals surface area contributed by atoms with Crippen LogP contribution in [0.3, 0.4) is 0 Å². The van der Waals surface area contributed by atoms with Gasteiger partial charge in [0, 0.05) is 5.69 Å². The molecule has 1 amide bonds. The van der Waals surface area contributed by atoms with Gasteiger partial charge < -0.3 is 15.8 Å². The van der Waals surface area contributed by atoms with Gasteiger partial charge in [-0.2, -0.15) is 0 Å². The lowest BCUT2D eigenvalue weighted by Crippen LogP contribution is -2.30. The molecule has 0 aliphatic carbocycles. The average Bonchev–Trinajstić information content (AvgIpc) is 2.41. The van der Waals surface area contributed by atoms with Gasteiger partial charge in [-0.05, 0) is 49.7 Å². The van der Waals surface area contributed by atoms with Crippen molar-refractivity contribution in [2.45, 2.75) is 20.0 Å². The summed E-state index contributed by atoms with van der Waals surface area (Å²) in [6.07, 6.45) is -0.639. The Morgan fingerprint density at radius 2 is 2.05 bits per heavy atom. The van der Waals surface area contributed by atoms with E-state index in [0.717, 1.165) is 5.56 Å². The minimum atomic E-state index is -0.639. The normalized spacial score (nSPS) is 11.8. The molecule has 0 aliphatic heterocycles. The second kappa shape index (κ2) is 6.50. The number of rotatable bonds is 4. The highest BCUT2D eigenvalue weighted by atomic mass is 35.5. The fourth-order valence-corrected chi connectivity index (χ4v) is 2.05. The Balaban J connectivity index is 2.02. The van der Waals surface area contributed by atoms with E-state index in [1.165, 1.54) is 0 Å². The van der Waals surface area contributed by atoms with E-state index in [2.05, 4.69) is 5.32 Å². The third-order valence-electron chi connectivity index (χ3n) is 2.92. The van der Waals surface area contributed by atoms with Crippen LogP contribution in [0.5, 0.6) is 5.75 Å². The van der Waals surface area contributed by atoms with Gasteiger partial charge in [0.05, 0.1) is 10.7 Å². The highest BCUT2D eigenvalue weighted by Crippen LogP contribution is 2.24. The maximum absolute atomic E-state index is 12.1. The van der Waals surface area contributed by atoms with Crippen molar-refractivity contribution in [3.8, 4) is 5.75 Å². The van der Waals surface area contributed by atoms with Crippen LogP contribution in [0.1, 0.15) is 12.5 Å². The zero-order valence-corrected chi connectivity index (χ0v) is 12.6. The van der Waals surface area contributed by atoms with Crippen molar-refractivity contribution in [2.24, 2.45) is 0 Å². The highest BCUT2D eigenvalue weighted by molar-refractivity contribution is 6.34. The lowest BCUT2D eigenvalue weighted by Gasteiger charge is -2.15. The van der Waals surface area contributed by atoms with Crippen LogP contribution < -0.4 is 15.8 Å². The number of amides is 1. The molecular formula is C16H17ClN2O2. The number of benzene rings is 2. The maximum Gasteiger partial charge on any atom is 0.265 e.